The Balaban J connectivity index is 1.60. The molecule has 1 aromatic heterocycles. The van der Waals surface area contributed by atoms with E-state index in [-0.39, 0.29) is 42.7 Å². The van der Waals surface area contributed by atoms with Crippen LogP contribution < -0.4 is 5.32 Å². The second-order valence-electron chi connectivity index (χ2n) is 11.7. The van der Waals surface area contributed by atoms with Gasteiger partial charge in [-0.25, -0.2) is 4.39 Å². The third kappa shape index (κ3) is 5.75. The molecule has 218 valence electrons. The van der Waals surface area contributed by atoms with Crippen LogP contribution in [-0.2, 0) is 11.0 Å². The first kappa shape index (κ1) is 30.0. The number of carboxylic acids is 1. The summed E-state index contributed by atoms with van der Waals surface area (Å²) in [5, 5.41) is 15.9. The maximum atomic E-state index is 14.6. The fourth-order valence-electron chi connectivity index (χ4n) is 5.83. The lowest BCUT2D eigenvalue weighted by Gasteiger charge is -2.45. The molecule has 1 atom stereocenters. The van der Waals surface area contributed by atoms with Gasteiger partial charge in [0.25, 0.3) is 5.91 Å². The van der Waals surface area contributed by atoms with Crippen molar-refractivity contribution in [1.82, 2.24) is 15.1 Å². The van der Waals surface area contributed by atoms with E-state index >= 15 is 0 Å². The van der Waals surface area contributed by atoms with Gasteiger partial charge in [0.1, 0.15) is 5.82 Å². The number of hydrogen-bond donors (Lipinski definition) is 2. The number of nitrogens with one attached hydrogen (secondary N) is 1. The average Bonchev–Trinajstić information content (AvgIpc) is 3.28. The van der Waals surface area contributed by atoms with Gasteiger partial charge in [0, 0.05) is 12.5 Å². The first-order chi connectivity index (χ1) is 18.6. The van der Waals surface area contributed by atoms with Crippen molar-refractivity contribution in [2.45, 2.75) is 90.4 Å². The summed E-state index contributed by atoms with van der Waals surface area (Å²) >= 11 is 6.14. The number of halogens is 5. The highest BCUT2D eigenvalue weighted by Crippen LogP contribution is 2.46. The number of carboxylic acid groups (broad SMARTS) is 1. The molecule has 1 amide bonds. The summed E-state index contributed by atoms with van der Waals surface area (Å²) in [6.45, 7) is 5.02. The highest BCUT2D eigenvalue weighted by molar-refractivity contribution is 6.34. The maximum absolute atomic E-state index is 14.6. The third-order valence-electron chi connectivity index (χ3n) is 8.73. The Bertz CT molecular complexity index is 1300. The summed E-state index contributed by atoms with van der Waals surface area (Å²) < 4.78 is 58.3. The quantitative estimate of drug-likeness (QED) is 0.263. The van der Waals surface area contributed by atoms with Gasteiger partial charge in [-0.1, -0.05) is 24.9 Å². The number of carbonyl (C=O) groups excluding carboxylic acids is 2. The van der Waals surface area contributed by atoms with Gasteiger partial charge in [-0.2, -0.15) is 18.3 Å². The molecule has 2 N–H and O–H groups in total. The molecule has 2 fully saturated rings. The van der Waals surface area contributed by atoms with E-state index in [4.69, 9.17) is 11.6 Å². The van der Waals surface area contributed by atoms with E-state index in [0.717, 1.165) is 17.3 Å². The van der Waals surface area contributed by atoms with Gasteiger partial charge in [-0.3, -0.25) is 19.1 Å². The molecule has 0 aliphatic heterocycles. The number of aromatic nitrogens is 2. The van der Waals surface area contributed by atoms with Crippen LogP contribution in [0, 0.1) is 23.6 Å². The Morgan fingerprint density at radius 1 is 1.18 bits per heavy atom. The van der Waals surface area contributed by atoms with Gasteiger partial charge in [-0.15, -0.1) is 0 Å². The number of aryl methyl sites for hydroxylation is 1. The molecule has 1 heterocycles. The van der Waals surface area contributed by atoms with Gasteiger partial charge in [0.05, 0.1) is 33.8 Å². The van der Waals surface area contributed by atoms with E-state index in [0.29, 0.717) is 18.4 Å². The molecule has 0 radical (unpaired) electrons. The molecule has 0 bridgehead atoms. The largest absolute Gasteiger partial charge is 0.481 e. The van der Waals surface area contributed by atoms with E-state index in [2.05, 4.69) is 10.4 Å². The van der Waals surface area contributed by atoms with Gasteiger partial charge >= 0.3 is 12.1 Å². The molecule has 0 saturated heterocycles. The predicted molar refractivity (Wildman–Crippen MR) is 139 cm³/mol. The average molecular weight is 586 g/mol. The van der Waals surface area contributed by atoms with E-state index in [1.165, 1.54) is 12.1 Å². The van der Waals surface area contributed by atoms with Crippen LogP contribution in [0.25, 0.3) is 0 Å². The first-order valence-electron chi connectivity index (χ1n) is 13.2. The Kier molecular flexibility index (Phi) is 8.10. The number of nitrogens with zero attached hydrogens (tertiary/aromatic N) is 2. The fourth-order valence-corrected chi connectivity index (χ4v) is 6.20. The summed E-state index contributed by atoms with van der Waals surface area (Å²) in [7, 11) is 0. The summed E-state index contributed by atoms with van der Waals surface area (Å²) in [5.41, 5.74) is -3.29. The van der Waals surface area contributed by atoms with Crippen molar-refractivity contribution in [1.29, 1.82) is 0 Å². The molecular weight excluding hydrogens is 554 g/mol. The SMILES string of the molecule is Cc1cc(F)c(C(=O)CC(NC(=O)c2cnn(C3CCC(C)(C(=O)O)CC3)c2C(F)(F)F)C2(C)CCC2)c(Cl)c1. The molecule has 4 rings (SSSR count). The second-order valence-corrected chi connectivity index (χ2v) is 12.1. The Labute approximate surface area is 234 Å². The standard InChI is InChI=1S/C28H32ClF4N3O4/c1-15-11-18(29)22(19(30)12-15)20(37)13-21(26(2)7-4-8-26)35-24(38)17-14-34-36(23(17)28(31,32)33)16-5-9-27(3,10-6-16)25(39)40/h11-12,14,16,21H,4-10,13H2,1-3H3,(H,35,38)(H,39,40). The number of aliphatic carboxylic acids is 1. The van der Waals surface area contributed by atoms with Crippen LogP contribution >= 0.6 is 11.6 Å². The van der Waals surface area contributed by atoms with Crippen molar-refractivity contribution >= 4 is 29.3 Å². The fraction of sp³-hybridized carbons (Fsp3) is 0.571. The number of carbonyl (C=O) groups is 3. The van der Waals surface area contributed by atoms with Crippen molar-refractivity contribution in [3.05, 3.63) is 51.6 Å². The minimum atomic E-state index is -4.92. The topological polar surface area (TPSA) is 101 Å². The zero-order valence-corrected chi connectivity index (χ0v) is 23.3. The van der Waals surface area contributed by atoms with Gasteiger partial charge in [-0.05, 0) is 75.5 Å². The molecule has 0 spiro atoms. The lowest BCUT2D eigenvalue weighted by molar-refractivity contribution is -0.152. The van der Waals surface area contributed by atoms with Crippen LogP contribution in [0.5, 0.6) is 0 Å². The molecule has 1 aromatic carbocycles. The highest BCUT2D eigenvalue weighted by Gasteiger charge is 2.46. The maximum Gasteiger partial charge on any atom is 0.433 e. The predicted octanol–water partition coefficient (Wildman–Crippen LogP) is 6.77. The van der Waals surface area contributed by atoms with Crippen LogP contribution in [0.2, 0.25) is 5.02 Å². The lowest BCUT2D eigenvalue weighted by Crippen LogP contribution is -2.51. The normalized spacial score (nSPS) is 23.2. The number of rotatable bonds is 8. The molecule has 7 nitrogen and oxygen atoms in total. The van der Waals surface area contributed by atoms with E-state index in [9.17, 15) is 37.1 Å². The smallest absolute Gasteiger partial charge is 0.433 e. The van der Waals surface area contributed by atoms with Crippen molar-refractivity contribution in [3.63, 3.8) is 0 Å². The summed E-state index contributed by atoms with van der Waals surface area (Å²) in [5.74, 6) is -3.49. The highest BCUT2D eigenvalue weighted by atomic mass is 35.5. The minimum Gasteiger partial charge on any atom is -0.481 e. The molecule has 40 heavy (non-hydrogen) atoms. The van der Waals surface area contributed by atoms with Crippen LogP contribution in [0.3, 0.4) is 0 Å². The van der Waals surface area contributed by atoms with Crippen LogP contribution in [0.1, 0.15) is 103 Å². The number of ketones is 1. The van der Waals surface area contributed by atoms with Crippen molar-refractivity contribution in [2.75, 3.05) is 0 Å². The minimum absolute atomic E-state index is 0.0709. The van der Waals surface area contributed by atoms with Crippen LogP contribution in [0.15, 0.2) is 18.3 Å². The lowest BCUT2D eigenvalue weighted by atomic mass is 9.64. The van der Waals surface area contributed by atoms with Crippen LogP contribution in [0.4, 0.5) is 17.6 Å². The van der Waals surface area contributed by atoms with Gasteiger partial charge in [0.2, 0.25) is 0 Å². The zero-order valence-electron chi connectivity index (χ0n) is 22.5. The van der Waals surface area contributed by atoms with E-state index < -0.39 is 63.8 Å². The number of alkyl halides is 3. The number of hydrogen-bond acceptors (Lipinski definition) is 4. The number of amides is 1. The Morgan fingerprint density at radius 2 is 1.80 bits per heavy atom. The number of Topliss-reactive ketones (excluding diaryl/α,β-unsaturated/α-hetero) is 1. The zero-order chi connectivity index (χ0) is 29.6. The molecule has 12 heteroatoms. The molecule has 1 unspecified atom stereocenters. The van der Waals surface area contributed by atoms with Crippen molar-refractivity contribution in [2.24, 2.45) is 10.8 Å². The third-order valence-corrected chi connectivity index (χ3v) is 9.02. The Morgan fingerprint density at radius 3 is 2.30 bits per heavy atom. The van der Waals surface area contributed by atoms with Crippen molar-refractivity contribution in [3.8, 4) is 0 Å². The van der Waals surface area contributed by atoms with Gasteiger partial charge < -0.3 is 10.4 Å². The second kappa shape index (κ2) is 10.8. The van der Waals surface area contributed by atoms with E-state index in [1.54, 1.807) is 13.8 Å². The Hall–Kier alpha value is -2.95. The molecule has 2 aliphatic carbocycles. The molecule has 2 aliphatic rings. The number of benzene rings is 1. The monoisotopic (exact) mass is 585 g/mol. The molecule has 2 aromatic rings. The van der Waals surface area contributed by atoms with Gasteiger partial charge in [0.15, 0.2) is 11.5 Å². The molecule has 2 saturated carbocycles. The van der Waals surface area contributed by atoms with E-state index in [1.807, 2.05) is 6.92 Å². The van der Waals surface area contributed by atoms with Crippen molar-refractivity contribution < 1.29 is 37.1 Å². The molecular formula is C28H32ClF4N3O4. The summed E-state index contributed by atoms with van der Waals surface area (Å²) in [4.78, 5) is 38.0. The first-order valence-corrected chi connectivity index (χ1v) is 13.6. The van der Waals surface area contributed by atoms with Crippen LogP contribution in [-0.4, -0.2) is 38.6 Å². The summed E-state index contributed by atoms with van der Waals surface area (Å²) in [6.07, 6.45) is -1.65. The summed E-state index contributed by atoms with van der Waals surface area (Å²) in [6, 6.07) is 1.03.